The molecular formula is C14H24F6O. The highest BCUT2D eigenvalue weighted by Crippen LogP contribution is 2.42. The fourth-order valence-electron chi connectivity index (χ4n) is 2.28. The molecule has 0 radical (unpaired) electrons. The van der Waals surface area contributed by atoms with Crippen molar-refractivity contribution in [2.75, 3.05) is 0 Å². The fourth-order valence-corrected chi connectivity index (χ4v) is 2.28. The average molecular weight is 322 g/mol. The first kappa shape index (κ1) is 20.5. The van der Waals surface area contributed by atoms with Crippen molar-refractivity contribution in [2.24, 2.45) is 5.92 Å². The van der Waals surface area contributed by atoms with Gasteiger partial charge in [0.2, 0.25) is 0 Å². The van der Waals surface area contributed by atoms with Crippen LogP contribution in [0.1, 0.15) is 64.7 Å². The third-order valence-electron chi connectivity index (χ3n) is 3.44. The number of aliphatic hydroxyl groups is 1. The lowest BCUT2D eigenvalue weighted by atomic mass is 9.95. The number of unbranched alkanes of at least 4 members (excludes halogenated alkanes) is 7. The standard InChI is InChI=1S/C14H24F6O/c1-2-3-4-5-6-7-8-9-10-11(21)12(13(15,16)17)14(18,19)20/h11-12,21H,2-10H2,1H3. The first-order valence-electron chi connectivity index (χ1n) is 7.42. The van der Waals surface area contributed by atoms with E-state index in [-0.39, 0.29) is 6.42 Å². The van der Waals surface area contributed by atoms with E-state index < -0.39 is 30.8 Å². The first-order valence-corrected chi connectivity index (χ1v) is 7.42. The number of alkyl halides is 6. The lowest BCUT2D eigenvalue weighted by molar-refractivity contribution is -0.306. The number of hydrogen-bond acceptors (Lipinski definition) is 1. The minimum atomic E-state index is -5.46. The van der Waals surface area contributed by atoms with Gasteiger partial charge in [0.25, 0.3) is 0 Å². The Morgan fingerprint density at radius 3 is 1.48 bits per heavy atom. The van der Waals surface area contributed by atoms with Crippen molar-refractivity contribution in [2.45, 2.75) is 83.2 Å². The molecule has 0 saturated heterocycles. The molecule has 0 spiro atoms. The van der Waals surface area contributed by atoms with E-state index in [9.17, 15) is 31.4 Å². The topological polar surface area (TPSA) is 20.2 Å². The Labute approximate surface area is 121 Å². The molecule has 0 aromatic carbocycles. The molecule has 128 valence electrons. The van der Waals surface area contributed by atoms with E-state index in [1.54, 1.807) is 0 Å². The summed E-state index contributed by atoms with van der Waals surface area (Å²) in [5.41, 5.74) is 0. The molecule has 0 aromatic rings. The first-order chi connectivity index (χ1) is 9.60. The SMILES string of the molecule is CCCCCCCCCCC(O)C(C(F)(F)F)C(F)(F)F. The predicted molar refractivity (Wildman–Crippen MR) is 68.8 cm³/mol. The third-order valence-corrected chi connectivity index (χ3v) is 3.44. The molecule has 0 rings (SSSR count). The number of rotatable bonds is 10. The van der Waals surface area contributed by atoms with E-state index in [1.165, 1.54) is 0 Å². The summed E-state index contributed by atoms with van der Waals surface area (Å²) in [5, 5.41) is 9.21. The maximum atomic E-state index is 12.3. The number of aliphatic hydroxyl groups excluding tert-OH is 1. The monoisotopic (exact) mass is 322 g/mol. The Balaban J connectivity index is 3.98. The fraction of sp³-hybridized carbons (Fsp3) is 1.00. The Bertz CT molecular complexity index is 247. The molecule has 0 aliphatic rings. The van der Waals surface area contributed by atoms with Crippen molar-refractivity contribution >= 4 is 0 Å². The van der Waals surface area contributed by atoms with E-state index >= 15 is 0 Å². The van der Waals surface area contributed by atoms with Crippen molar-refractivity contribution in [3.63, 3.8) is 0 Å². The molecule has 0 heterocycles. The van der Waals surface area contributed by atoms with Crippen LogP contribution in [-0.2, 0) is 0 Å². The van der Waals surface area contributed by atoms with Crippen LogP contribution < -0.4 is 0 Å². The summed E-state index contributed by atoms with van der Waals surface area (Å²) in [6.07, 6.45) is -6.99. The van der Waals surface area contributed by atoms with Crippen LogP contribution in [0.2, 0.25) is 0 Å². The number of halogens is 6. The van der Waals surface area contributed by atoms with Gasteiger partial charge >= 0.3 is 12.4 Å². The molecule has 1 nitrogen and oxygen atoms in total. The summed E-state index contributed by atoms with van der Waals surface area (Å²) in [6.45, 7) is 2.08. The van der Waals surface area contributed by atoms with Gasteiger partial charge in [-0.15, -0.1) is 0 Å². The molecule has 21 heavy (non-hydrogen) atoms. The second-order valence-electron chi connectivity index (χ2n) is 5.39. The van der Waals surface area contributed by atoms with Crippen LogP contribution in [0.15, 0.2) is 0 Å². The van der Waals surface area contributed by atoms with Crippen LogP contribution in [-0.4, -0.2) is 23.6 Å². The molecule has 1 unspecified atom stereocenters. The lowest BCUT2D eigenvalue weighted by Crippen LogP contribution is -2.44. The highest BCUT2D eigenvalue weighted by molar-refractivity contribution is 4.82. The van der Waals surface area contributed by atoms with Crippen LogP contribution >= 0.6 is 0 Å². The van der Waals surface area contributed by atoms with E-state index in [4.69, 9.17) is 0 Å². The molecule has 0 fully saturated rings. The van der Waals surface area contributed by atoms with Gasteiger partial charge in [-0.2, -0.15) is 26.3 Å². The van der Waals surface area contributed by atoms with Crippen LogP contribution in [0.3, 0.4) is 0 Å². The molecule has 7 heteroatoms. The van der Waals surface area contributed by atoms with Crippen molar-refractivity contribution < 1.29 is 31.4 Å². The second kappa shape index (κ2) is 9.54. The van der Waals surface area contributed by atoms with E-state index in [1.807, 2.05) is 0 Å². The van der Waals surface area contributed by atoms with Gasteiger partial charge in [0.1, 0.15) is 0 Å². The zero-order valence-corrected chi connectivity index (χ0v) is 12.2. The number of hydrogen-bond donors (Lipinski definition) is 1. The lowest BCUT2D eigenvalue weighted by Gasteiger charge is -2.27. The molecule has 0 aliphatic heterocycles. The highest BCUT2D eigenvalue weighted by Gasteiger charge is 2.59. The van der Waals surface area contributed by atoms with Gasteiger partial charge in [0, 0.05) is 0 Å². The van der Waals surface area contributed by atoms with Crippen molar-refractivity contribution in [1.82, 2.24) is 0 Å². The molecular weight excluding hydrogens is 298 g/mol. The normalized spacial score (nSPS) is 14.7. The van der Waals surface area contributed by atoms with Crippen LogP contribution in [0, 0.1) is 5.92 Å². The Morgan fingerprint density at radius 2 is 1.10 bits per heavy atom. The summed E-state index contributed by atoms with van der Waals surface area (Å²) in [6, 6.07) is 0. The summed E-state index contributed by atoms with van der Waals surface area (Å²) in [5.74, 6) is -3.64. The summed E-state index contributed by atoms with van der Waals surface area (Å²) < 4.78 is 74.0. The van der Waals surface area contributed by atoms with E-state index in [2.05, 4.69) is 6.92 Å². The van der Waals surface area contributed by atoms with Gasteiger partial charge in [0.15, 0.2) is 5.92 Å². The molecule has 0 saturated carbocycles. The maximum absolute atomic E-state index is 12.3. The van der Waals surface area contributed by atoms with Gasteiger partial charge in [-0.25, -0.2) is 0 Å². The van der Waals surface area contributed by atoms with Crippen molar-refractivity contribution in [3.8, 4) is 0 Å². The largest absolute Gasteiger partial charge is 0.403 e. The highest BCUT2D eigenvalue weighted by atomic mass is 19.4. The quantitative estimate of drug-likeness (QED) is 0.409. The molecule has 0 amide bonds. The van der Waals surface area contributed by atoms with E-state index in [0.29, 0.717) is 6.42 Å². The van der Waals surface area contributed by atoms with E-state index in [0.717, 1.165) is 38.5 Å². The van der Waals surface area contributed by atoms with Crippen LogP contribution in [0.4, 0.5) is 26.3 Å². The minimum Gasteiger partial charge on any atom is -0.392 e. The van der Waals surface area contributed by atoms with Crippen molar-refractivity contribution in [3.05, 3.63) is 0 Å². The average Bonchev–Trinajstić information content (AvgIpc) is 2.28. The summed E-state index contributed by atoms with van der Waals surface area (Å²) >= 11 is 0. The zero-order chi connectivity index (χ0) is 16.5. The molecule has 1 N–H and O–H groups in total. The van der Waals surface area contributed by atoms with Crippen LogP contribution in [0.25, 0.3) is 0 Å². The Kier molecular flexibility index (Phi) is 9.33. The van der Waals surface area contributed by atoms with Gasteiger partial charge < -0.3 is 5.11 Å². The van der Waals surface area contributed by atoms with Gasteiger partial charge in [-0.1, -0.05) is 58.3 Å². The summed E-state index contributed by atoms with van der Waals surface area (Å²) in [4.78, 5) is 0. The maximum Gasteiger partial charge on any atom is 0.403 e. The predicted octanol–water partition coefficient (Wildman–Crippen LogP) is 5.62. The minimum absolute atomic E-state index is 0.178. The van der Waals surface area contributed by atoms with Gasteiger partial charge in [-0.3, -0.25) is 0 Å². The second-order valence-corrected chi connectivity index (χ2v) is 5.39. The smallest absolute Gasteiger partial charge is 0.392 e. The third kappa shape index (κ3) is 9.22. The zero-order valence-electron chi connectivity index (χ0n) is 12.2. The molecule has 1 atom stereocenters. The van der Waals surface area contributed by atoms with Gasteiger partial charge in [-0.05, 0) is 6.42 Å². The molecule has 0 aliphatic carbocycles. The Hall–Kier alpha value is -0.460. The summed E-state index contributed by atoms with van der Waals surface area (Å²) in [7, 11) is 0. The Morgan fingerprint density at radius 1 is 0.714 bits per heavy atom. The molecule has 0 bridgehead atoms. The van der Waals surface area contributed by atoms with Crippen molar-refractivity contribution in [1.29, 1.82) is 0 Å². The van der Waals surface area contributed by atoms with Crippen LogP contribution in [0.5, 0.6) is 0 Å². The van der Waals surface area contributed by atoms with Gasteiger partial charge in [0.05, 0.1) is 6.10 Å². The molecule has 0 aromatic heterocycles.